The molecule has 0 aliphatic carbocycles. The highest BCUT2D eigenvalue weighted by Gasteiger charge is 2.33. The smallest absolute Gasteiger partial charge is 0.254 e. The molecule has 3 heterocycles. The number of carbonyl (C=O) groups excluding carboxylic acids is 1. The minimum absolute atomic E-state index is 0.0111. The molecule has 1 amide bonds. The first-order valence-corrected chi connectivity index (χ1v) is 12.2. The number of aromatic amines is 1. The summed E-state index contributed by atoms with van der Waals surface area (Å²) in [4.78, 5) is 23.9. The third kappa shape index (κ3) is 4.13. The minimum atomic E-state index is 0.0111. The maximum atomic E-state index is 13.5. The lowest BCUT2D eigenvalue weighted by atomic mass is 9.73. The number of benzene rings is 2. The molecule has 7 heteroatoms. The third-order valence-corrected chi connectivity index (χ3v) is 7.32. The minimum Gasteiger partial charge on any atom is -0.397 e. The van der Waals surface area contributed by atoms with Gasteiger partial charge in [0.25, 0.3) is 5.91 Å². The molecule has 34 heavy (non-hydrogen) atoms. The Morgan fingerprint density at radius 2 is 2.06 bits per heavy atom. The van der Waals surface area contributed by atoms with E-state index in [2.05, 4.69) is 43.2 Å². The van der Waals surface area contributed by atoms with Crippen molar-refractivity contribution in [2.45, 2.75) is 58.6 Å². The van der Waals surface area contributed by atoms with Crippen LogP contribution in [0.3, 0.4) is 0 Å². The number of H-pyrrole nitrogens is 1. The molecule has 0 spiro atoms. The van der Waals surface area contributed by atoms with E-state index < -0.39 is 0 Å². The van der Waals surface area contributed by atoms with Gasteiger partial charge in [0.15, 0.2) is 0 Å². The maximum Gasteiger partial charge on any atom is 0.254 e. The fourth-order valence-corrected chi connectivity index (χ4v) is 5.45. The molecule has 0 bridgehead atoms. The Bertz CT molecular complexity index is 1220. The van der Waals surface area contributed by atoms with E-state index in [0.717, 1.165) is 48.4 Å². The van der Waals surface area contributed by atoms with Gasteiger partial charge in [-0.3, -0.25) is 4.79 Å². The van der Waals surface area contributed by atoms with E-state index >= 15 is 0 Å². The number of carbonyl (C=O) groups is 1. The van der Waals surface area contributed by atoms with E-state index in [1.54, 1.807) is 6.07 Å². The van der Waals surface area contributed by atoms with E-state index in [9.17, 15) is 4.79 Å². The zero-order valence-corrected chi connectivity index (χ0v) is 20.6. The van der Waals surface area contributed by atoms with Crippen LogP contribution < -0.4 is 11.1 Å². The van der Waals surface area contributed by atoms with Crippen LogP contribution in [0.2, 0.25) is 0 Å². The summed E-state index contributed by atoms with van der Waals surface area (Å²) in [6, 6.07) is 9.92. The molecule has 1 unspecified atom stereocenters. The summed E-state index contributed by atoms with van der Waals surface area (Å²) >= 11 is 0. The Labute approximate surface area is 201 Å². The van der Waals surface area contributed by atoms with Gasteiger partial charge in [-0.05, 0) is 72.1 Å². The van der Waals surface area contributed by atoms with E-state index in [4.69, 9.17) is 15.5 Å². The van der Waals surface area contributed by atoms with Crippen LogP contribution in [0.5, 0.6) is 0 Å². The maximum absolute atomic E-state index is 13.5. The molecule has 0 saturated carbocycles. The number of ether oxygens (including phenoxy) is 1. The van der Waals surface area contributed by atoms with Gasteiger partial charge in [0.05, 0.1) is 22.4 Å². The van der Waals surface area contributed by atoms with Gasteiger partial charge in [0, 0.05) is 32.3 Å². The van der Waals surface area contributed by atoms with Crippen LogP contribution in [0, 0.1) is 5.41 Å². The average molecular weight is 462 g/mol. The summed E-state index contributed by atoms with van der Waals surface area (Å²) in [5.41, 5.74) is 12.7. The molecule has 5 rings (SSSR count). The average Bonchev–Trinajstić information content (AvgIpc) is 3.42. The molecule has 2 aliphatic heterocycles. The van der Waals surface area contributed by atoms with Crippen LogP contribution in [0.15, 0.2) is 30.3 Å². The van der Waals surface area contributed by atoms with Crippen LogP contribution in [-0.2, 0) is 11.3 Å². The van der Waals surface area contributed by atoms with Crippen LogP contribution in [-0.4, -0.2) is 41.0 Å². The van der Waals surface area contributed by atoms with Gasteiger partial charge in [0.1, 0.15) is 11.9 Å². The van der Waals surface area contributed by atoms with Crippen molar-refractivity contribution in [3.8, 4) is 0 Å². The lowest BCUT2D eigenvalue weighted by Crippen LogP contribution is -2.31. The molecule has 2 aromatic carbocycles. The Kier molecular flexibility index (Phi) is 5.76. The number of amides is 1. The molecule has 7 nitrogen and oxygen atoms in total. The number of hydrogen-bond acceptors (Lipinski definition) is 5. The van der Waals surface area contributed by atoms with Gasteiger partial charge in [-0.2, -0.15) is 0 Å². The Morgan fingerprint density at radius 1 is 1.24 bits per heavy atom. The van der Waals surface area contributed by atoms with Crippen LogP contribution in [0.25, 0.3) is 11.0 Å². The number of nitrogen functional groups attached to an aromatic ring is 1. The first-order valence-electron chi connectivity index (χ1n) is 12.2. The molecule has 2 aliphatic rings. The molecular formula is C27H35N5O2. The molecule has 180 valence electrons. The molecule has 4 N–H and O–H groups in total. The summed E-state index contributed by atoms with van der Waals surface area (Å²) in [5.74, 6) is 1.25. The number of imidazole rings is 1. The number of aromatic nitrogens is 2. The molecule has 0 radical (unpaired) electrons. The number of rotatable bonds is 3. The number of nitrogens with one attached hydrogen (secondary N) is 2. The summed E-state index contributed by atoms with van der Waals surface area (Å²) in [6.45, 7) is 8.90. The van der Waals surface area contributed by atoms with E-state index in [-0.39, 0.29) is 17.4 Å². The Hall–Kier alpha value is -3.06. The SMILES string of the molecule is CNc1ccc(C(=O)N2CCC(C(C)(C)C)c3cc4[nH]c([C@H]5CCCO5)nc4cc3C2)cc1N. The fourth-order valence-electron chi connectivity index (χ4n) is 5.45. The molecule has 2 atom stereocenters. The lowest BCUT2D eigenvalue weighted by molar-refractivity contribution is 0.0739. The predicted molar refractivity (Wildman–Crippen MR) is 136 cm³/mol. The molecular weight excluding hydrogens is 426 g/mol. The van der Waals surface area contributed by atoms with Crippen molar-refractivity contribution < 1.29 is 9.53 Å². The highest BCUT2D eigenvalue weighted by molar-refractivity contribution is 5.96. The number of nitrogens with two attached hydrogens (primary N) is 1. The standard InChI is InChI=1S/C27H35N5O2/c1-27(2,3)19-9-10-32(26(33)16-7-8-21(29-4)20(28)12-16)15-17-13-22-23(14-18(17)19)31-25(30-22)24-6-5-11-34-24/h7-8,12-14,19,24,29H,5-6,9-11,15,28H2,1-4H3,(H,30,31)/t19?,24-/m1/s1. The van der Waals surface area contributed by atoms with Gasteiger partial charge in [0.2, 0.25) is 0 Å². The second kappa shape index (κ2) is 8.62. The second-order valence-electron chi connectivity index (χ2n) is 10.7. The number of nitrogens with zero attached hydrogens (tertiary/aromatic N) is 2. The van der Waals surface area contributed by atoms with Crippen molar-refractivity contribution in [1.29, 1.82) is 0 Å². The highest BCUT2D eigenvalue weighted by atomic mass is 16.5. The Morgan fingerprint density at radius 3 is 2.74 bits per heavy atom. The van der Waals surface area contributed by atoms with Gasteiger partial charge >= 0.3 is 0 Å². The van der Waals surface area contributed by atoms with Crippen LogP contribution in [0.1, 0.15) is 79.4 Å². The quantitative estimate of drug-likeness (QED) is 0.465. The monoisotopic (exact) mass is 461 g/mol. The topological polar surface area (TPSA) is 96.3 Å². The van der Waals surface area contributed by atoms with E-state index in [1.165, 1.54) is 11.1 Å². The first-order chi connectivity index (χ1) is 16.2. The summed E-state index contributed by atoms with van der Waals surface area (Å²) < 4.78 is 5.85. The summed E-state index contributed by atoms with van der Waals surface area (Å²) in [5, 5.41) is 3.06. The third-order valence-electron chi connectivity index (χ3n) is 7.32. The van der Waals surface area contributed by atoms with Gasteiger partial charge in [-0.25, -0.2) is 4.98 Å². The van der Waals surface area contributed by atoms with Gasteiger partial charge in [-0.1, -0.05) is 20.8 Å². The van der Waals surface area contributed by atoms with Crippen molar-refractivity contribution in [3.63, 3.8) is 0 Å². The zero-order chi connectivity index (χ0) is 24.0. The highest BCUT2D eigenvalue weighted by Crippen LogP contribution is 2.43. The summed E-state index contributed by atoms with van der Waals surface area (Å²) in [7, 11) is 1.82. The Balaban J connectivity index is 1.52. The normalized spacial score (nSPS) is 20.9. The zero-order valence-electron chi connectivity index (χ0n) is 20.6. The first kappa shape index (κ1) is 22.7. The van der Waals surface area contributed by atoms with E-state index in [0.29, 0.717) is 30.3 Å². The van der Waals surface area contributed by atoms with Gasteiger partial charge < -0.3 is 25.7 Å². The van der Waals surface area contributed by atoms with Crippen molar-refractivity contribution >= 4 is 28.3 Å². The van der Waals surface area contributed by atoms with Gasteiger partial charge in [-0.15, -0.1) is 0 Å². The van der Waals surface area contributed by atoms with Crippen molar-refractivity contribution in [3.05, 3.63) is 52.8 Å². The summed E-state index contributed by atoms with van der Waals surface area (Å²) in [6.07, 6.45) is 3.03. The predicted octanol–water partition coefficient (Wildman–Crippen LogP) is 5.21. The number of hydrogen-bond donors (Lipinski definition) is 3. The molecule has 1 fully saturated rings. The van der Waals surface area contributed by atoms with Crippen molar-refractivity contribution in [2.24, 2.45) is 5.41 Å². The fraction of sp³-hybridized carbons (Fsp3) is 0.481. The van der Waals surface area contributed by atoms with Crippen LogP contribution in [0.4, 0.5) is 11.4 Å². The number of anilines is 2. The largest absolute Gasteiger partial charge is 0.397 e. The molecule has 3 aromatic rings. The molecule has 1 saturated heterocycles. The molecule has 1 aromatic heterocycles. The second-order valence-corrected chi connectivity index (χ2v) is 10.7. The lowest BCUT2D eigenvalue weighted by Gasteiger charge is -2.31. The van der Waals surface area contributed by atoms with Crippen LogP contribution >= 0.6 is 0 Å². The van der Waals surface area contributed by atoms with Crippen molar-refractivity contribution in [1.82, 2.24) is 14.9 Å². The van der Waals surface area contributed by atoms with E-state index in [1.807, 2.05) is 24.1 Å². The number of fused-ring (bicyclic) bond motifs is 2. The van der Waals surface area contributed by atoms with Crippen molar-refractivity contribution in [2.75, 3.05) is 31.2 Å².